The zero-order valence-electron chi connectivity index (χ0n) is 11.8. The van der Waals surface area contributed by atoms with Crippen LogP contribution in [0.3, 0.4) is 0 Å². The highest BCUT2D eigenvalue weighted by Gasteiger charge is 2.13. The van der Waals surface area contributed by atoms with Gasteiger partial charge in [-0.1, -0.05) is 19.9 Å². The fourth-order valence-corrected chi connectivity index (χ4v) is 2.56. The van der Waals surface area contributed by atoms with E-state index in [1.165, 1.54) is 0 Å². The summed E-state index contributed by atoms with van der Waals surface area (Å²) in [5.41, 5.74) is 1.81. The molecule has 104 valence electrons. The van der Waals surface area contributed by atoms with Gasteiger partial charge in [-0.05, 0) is 37.6 Å². The van der Waals surface area contributed by atoms with Gasteiger partial charge in [0, 0.05) is 16.7 Å². The topological polar surface area (TPSA) is 56.0 Å². The number of nitrogens with one attached hydrogen (secondary N) is 1. The van der Waals surface area contributed by atoms with Crippen molar-refractivity contribution in [1.82, 2.24) is 5.32 Å². The van der Waals surface area contributed by atoms with Crippen molar-refractivity contribution in [3.63, 3.8) is 0 Å². The summed E-state index contributed by atoms with van der Waals surface area (Å²) in [4.78, 5) is 0.940. The molecule has 0 radical (unpaired) electrons. The van der Waals surface area contributed by atoms with Crippen molar-refractivity contribution in [2.24, 2.45) is 0 Å². The molecule has 0 saturated heterocycles. The number of hydrogen-bond donors (Lipinski definition) is 2. The summed E-state index contributed by atoms with van der Waals surface area (Å²) < 4.78 is 0. The van der Waals surface area contributed by atoms with Crippen molar-refractivity contribution >= 4 is 11.8 Å². The standard InChI is InChI=1S/C15H22N2OS/c1-4-7-17-10-13-5-6-15(14(8-13)9-16)19-12(3)11(2)18/h5-6,8,11-12,17-18H,4,7,10H2,1-3H3. The number of hydrogen-bond acceptors (Lipinski definition) is 4. The van der Waals surface area contributed by atoms with E-state index < -0.39 is 0 Å². The smallest absolute Gasteiger partial charge is 0.100 e. The van der Waals surface area contributed by atoms with Gasteiger partial charge in [-0.25, -0.2) is 0 Å². The van der Waals surface area contributed by atoms with E-state index in [1.807, 2.05) is 25.1 Å². The summed E-state index contributed by atoms with van der Waals surface area (Å²) in [6.45, 7) is 7.64. The van der Waals surface area contributed by atoms with Gasteiger partial charge in [-0.3, -0.25) is 0 Å². The van der Waals surface area contributed by atoms with Crippen LogP contribution in [0.5, 0.6) is 0 Å². The first-order valence-corrected chi connectivity index (χ1v) is 7.55. The number of benzene rings is 1. The Balaban J connectivity index is 2.76. The summed E-state index contributed by atoms with van der Waals surface area (Å²) in [5, 5.41) is 22.2. The van der Waals surface area contributed by atoms with Crippen LogP contribution in [0.1, 0.15) is 38.3 Å². The van der Waals surface area contributed by atoms with Gasteiger partial charge in [0.05, 0.1) is 11.7 Å². The molecule has 1 aromatic carbocycles. The second kappa shape index (κ2) is 8.21. The molecule has 0 aliphatic heterocycles. The Kier molecular flexibility index (Phi) is 6.93. The summed E-state index contributed by atoms with van der Waals surface area (Å²) in [6.07, 6.45) is 0.715. The molecule has 2 atom stereocenters. The van der Waals surface area contributed by atoms with Crippen LogP contribution >= 0.6 is 11.8 Å². The number of nitriles is 1. The van der Waals surface area contributed by atoms with Crippen molar-refractivity contribution in [2.45, 2.75) is 50.0 Å². The van der Waals surface area contributed by atoms with Crippen LogP contribution in [-0.4, -0.2) is 23.0 Å². The first-order chi connectivity index (χ1) is 9.08. The van der Waals surface area contributed by atoms with Crippen molar-refractivity contribution < 1.29 is 5.11 Å². The predicted octanol–water partition coefficient (Wildman–Crippen LogP) is 2.92. The molecule has 0 amide bonds. The van der Waals surface area contributed by atoms with E-state index in [9.17, 15) is 10.4 Å². The van der Waals surface area contributed by atoms with Gasteiger partial charge in [0.25, 0.3) is 0 Å². The third kappa shape index (κ3) is 5.23. The highest BCUT2D eigenvalue weighted by Crippen LogP contribution is 2.28. The molecule has 2 N–H and O–H groups in total. The highest BCUT2D eigenvalue weighted by molar-refractivity contribution is 8.00. The maximum atomic E-state index is 9.53. The molecule has 0 saturated carbocycles. The monoisotopic (exact) mass is 278 g/mol. The molecule has 0 bridgehead atoms. The normalized spacial score (nSPS) is 13.8. The molecule has 0 aromatic heterocycles. The number of rotatable bonds is 7. The molecule has 0 spiro atoms. The Morgan fingerprint density at radius 2 is 2.16 bits per heavy atom. The average Bonchev–Trinajstić information content (AvgIpc) is 2.40. The van der Waals surface area contributed by atoms with Crippen molar-refractivity contribution in [3.05, 3.63) is 29.3 Å². The van der Waals surface area contributed by atoms with Crippen LogP contribution in [0.25, 0.3) is 0 Å². The van der Waals surface area contributed by atoms with Crippen LogP contribution in [-0.2, 0) is 6.54 Å². The molecular weight excluding hydrogens is 256 g/mol. The van der Waals surface area contributed by atoms with Gasteiger partial charge in [-0.15, -0.1) is 11.8 Å². The summed E-state index contributed by atoms with van der Waals surface area (Å²) >= 11 is 1.55. The molecular formula is C15H22N2OS. The van der Waals surface area contributed by atoms with E-state index in [0.717, 1.165) is 30.0 Å². The molecule has 1 aromatic rings. The molecule has 0 heterocycles. The van der Waals surface area contributed by atoms with E-state index in [2.05, 4.69) is 18.3 Å². The minimum atomic E-state index is -0.387. The third-order valence-electron chi connectivity index (χ3n) is 2.91. The first-order valence-electron chi connectivity index (χ1n) is 6.67. The Morgan fingerprint density at radius 1 is 1.42 bits per heavy atom. The van der Waals surface area contributed by atoms with E-state index in [-0.39, 0.29) is 11.4 Å². The zero-order valence-corrected chi connectivity index (χ0v) is 12.6. The van der Waals surface area contributed by atoms with Crippen LogP contribution in [0.15, 0.2) is 23.1 Å². The fraction of sp³-hybridized carbons (Fsp3) is 0.533. The van der Waals surface area contributed by atoms with Gasteiger partial charge in [0.15, 0.2) is 0 Å². The van der Waals surface area contributed by atoms with Crippen molar-refractivity contribution in [2.75, 3.05) is 6.54 Å². The fourth-order valence-electron chi connectivity index (χ4n) is 1.59. The van der Waals surface area contributed by atoms with Crippen molar-refractivity contribution in [3.8, 4) is 6.07 Å². The summed E-state index contributed by atoms with van der Waals surface area (Å²) in [7, 11) is 0. The second-order valence-corrected chi connectivity index (χ2v) is 6.10. The van der Waals surface area contributed by atoms with Crippen molar-refractivity contribution in [1.29, 1.82) is 5.26 Å². The lowest BCUT2D eigenvalue weighted by atomic mass is 10.1. The van der Waals surface area contributed by atoms with E-state index in [1.54, 1.807) is 18.7 Å². The average molecular weight is 278 g/mol. The van der Waals surface area contributed by atoms with Crippen LogP contribution in [0.2, 0.25) is 0 Å². The molecule has 0 aliphatic carbocycles. The SMILES string of the molecule is CCCNCc1ccc(SC(C)C(C)O)c(C#N)c1. The minimum Gasteiger partial charge on any atom is -0.392 e. The minimum absolute atomic E-state index is 0.0798. The quantitative estimate of drug-likeness (QED) is 0.595. The van der Waals surface area contributed by atoms with E-state index >= 15 is 0 Å². The lowest BCUT2D eigenvalue weighted by molar-refractivity contribution is 0.196. The Bertz CT molecular complexity index is 440. The Hall–Kier alpha value is -1.02. The van der Waals surface area contributed by atoms with E-state index in [0.29, 0.717) is 5.56 Å². The first kappa shape index (κ1) is 16.0. The lowest BCUT2D eigenvalue weighted by Gasteiger charge is -2.15. The maximum absolute atomic E-state index is 9.53. The van der Waals surface area contributed by atoms with Gasteiger partial charge in [0.1, 0.15) is 6.07 Å². The molecule has 0 aliphatic rings. The summed E-state index contributed by atoms with van der Waals surface area (Å²) in [5.74, 6) is 0. The molecule has 4 heteroatoms. The second-order valence-electron chi connectivity index (χ2n) is 4.68. The maximum Gasteiger partial charge on any atom is 0.100 e. The highest BCUT2D eigenvalue weighted by atomic mass is 32.2. The van der Waals surface area contributed by atoms with Gasteiger partial charge in [0.2, 0.25) is 0 Å². The van der Waals surface area contributed by atoms with Crippen LogP contribution in [0.4, 0.5) is 0 Å². The molecule has 0 fully saturated rings. The Labute approximate surface area is 120 Å². The van der Waals surface area contributed by atoms with Gasteiger partial charge >= 0.3 is 0 Å². The zero-order chi connectivity index (χ0) is 14.3. The van der Waals surface area contributed by atoms with Gasteiger partial charge in [-0.2, -0.15) is 5.26 Å². The Morgan fingerprint density at radius 3 is 2.74 bits per heavy atom. The largest absolute Gasteiger partial charge is 0.392 e. The van der Waals surface area contributed by atoms with E-state index in [4.69, 9.17) is 0 Å². The van der Waals surface area contributed by atoms with Crippen LogP contribution in [0, 0.1) is 11.3 Å². The number of aliphatic hydroxyl groups excluding tert-OH is 1. The number of nitrogens with zero attached hydrogens (tertiary/aromatic N) is 1. The molecule has 2 unspecified atom stereocenters. The predicted molar refractivity (Wildman–Crippen MR) is 80.2 cm³/mol. The molecule has 19 heavy (non-hydrogen) atoms. The molecule has 3 nitrogen and oxygen atoms in total. The summed E-state index contributed by atoms with van der Waals surface area (Å²) in [6, 6.07) is 8.19. The number of thioether (sulfide) groups is 1. The number of aliphatic hydroxyl groups is 1. The molecule has 1 rings (SSSR count). The lowest BCUT2D eigenvalue weighted by Crippen LogP contribution is -2.15. The third-order valence-corrected chi connectivity index (χ3v) is 4.29. The van der Waals surface area contributed by atoms with Gasteiger partial charge < -0.3 is 10.4 Å². The van der Waals surface area contributed by atoms with Crippen LogP contribution < -0.4 is 5.32 Å².